The van der Waals surface area contributed by atoms with Crippen molar-refractivity contribution < 1.29 is 8.83 Å². The van der Waals surface area contributed by atoms with E-state index in [1.165, 1.54) is 16.3 Å². The van der Waals surface area contributed by atoms with Gasteiger partial charge >= 0.3 is 0 Å². The number of aryl methyl sites for hydroxylation is 1. The molecule has 31 heavy (non-hydrogen) atoms. The van der Waals surface area contributed by atoms with Gasteiger partial charge in [0.05, 0.1) is 11.1 Å². The van der Waals surface area contributed by atoms with E-state index in [2.05, 4.69) is 62.2 Å². The Morgan fingerprint density at radius 3 is 2.45 bits per heavy atom. The summed E-state index contributed by atoms with van der Waals surface area (Å²) in [7, 11) is 0. The highest BCUT2D eigenvalue weighted by molar-refractivity contribution is 6.13. The predicted octanol–water partition coefficient (Wildman–Crippen LogP) is 7.55. The molecule has 0 saturated heterocycles. The minimum atomic E-state index is -0.00190. The maximum absolute atomic E-state index is 6.12. The topological polar surface area (TPSA) is 52.1 Å². The second-order valence-electron chi connectivity index (χ2n) is 9.24. The zero-order valence-electron chi connectivity index (χ0n) is 18.0. The molecular formula is C27H22N2O2. The molecule has 152 valence electrons. The lowest BCUT2D eigenvalue weighted by Gasteiger charge is -2.22. The summed E-state index contributed by atoms with van der Waals surface area (Å²) in [5.41, 5.74) is 5.47. The van der Waals surface area contributed by atoms with Crippen LogP contribution >= 0.6 is 0 Å². The standard InChI is InChI=1S/C27H22N2O2/c1-15-9-17-12-23-20(13-22(17)30-15)24-25(28-14-29-26(24)31-23)18-10-16-7-5-6-8-19(16)21(11-18)27(2,3)4/h5-14H,1-4H3. The predicted molar refractivity (Wildman–Crippen MR) is 125 cm³/mol. The van der Waals surface area contributed by atoms with Crippen molar-refractivity contribution >= 4 is 43.8 Å². The third kappa shape index (κ3) is 2.75. The molecule has 0 aliphatic heterocycles. The first-order valence-corrected chi connectivity index (χ1v) is 10.5. The molecule has 0 atom stereocenters. The van der Waals surface area contributed by atoms with Gasteiger partial charge in [-0.25, -0.2) is 9.97 Å². The van der Waals surface area contributed by atoms with E-state index in [1.807, 2.05) is 25.1 Å². The van der Waals surface area contributed by atoms with Gasteiger partial charge in [-0.15, -0.1) is 0 Å². The molecule has 3 aromatic carbocycles. The fourth-order valence-corrected chi connectivity index (χ4v) is 4.56. The third-order valence-corrected chi connectivity index (χ3v) is 5.97. The van der Waals surface area contributed by atoms with Crippen molar-refractivity contribution in [3.05, 3.63) is 72.2 Å². The summed E-state index contributed by atoms with van der Waals surface area (Å²) >= 11 is 0. The zero-order valence-corrected chi connectivity index (χ0v) is 18.0. The molecule has 4 heteroatoms. The highest BCUT2D eigenvalue weighted by Crippen LogP contribution is 2.40. The average Bonchev–Trinajstić information content (AvgIpc) is 3.28. The highest BCUT2D eigenvalue weighted by Gasteiger charge is 2.21. The maximum Gasteiger partial charge on any atom is 0.230 e. The molecule has 6 aromatic rings. The average molecular weight is 406 g/mol. The number of benzene rings is 3. The highest BCUT2D eigenvalue weighted by atomic mass is 16.3. The molecule has 3 aromatic heterocycles. The monoisotopic (exact) mass is 406 g/mol. The molecule has 0 N–H and O–H groups in total. The van der Waals surface area contributed by atoms with Crippen molar-refractivity contribution in [2.45, 2.75) is 33.1 Å². The van der Waals surface area contributed by atoms with Gasteiger partial charge in [0.25, 0.3) is 0 Å². The molecular weight excluding hydrogens is 384 g/mol. The van der Waals surface area contributed by atoms with E-state index in [9.17, 15) is 0 Å². The first-order valence-electron chi connectivity index (χ1n) is 10.5. The lowest BCUT2D eigenvalue weighted by molar-refractivity contribution is 0.579. The summed E-state index contributed by atoms with van der Waals surface area (Å²) in [5, 5.41) is 5.39. The van der Waals surface area contributed by atoms with Crippen LogP contribution < -0.4 is 0 Å². The van der Waals surface area contributed by atoms with Crippen LogP contribution in [0.3, 0.4) is 0 Å². The van der Waals surface area contributed by atoms with E-state index >= 15 is 0 Å². The molecule has 0 unspecified atom stereocenters. The number of fused-ring (bicyclic) bond motifs is 5. The Hall–Kier alpha value is -3.66. The Morgan fingerprint density at radius 2 is 1.61 bits per heavy atom. The molecule has 0 bridgehead atoms. The molecule has 4 nitrogen and oxygen atoms in total. The van der Waals surface area contributed by atoms with Crippen LogP contribution in [0, 0.1) is 6.92 Å². The smallest absolute Gasteiger partial charge is 0.230 e. The van der Waals surface area contributed by atoms with Gasteiger partial charge < -0.3 is 8.83 Å². The largest absolute Gasteiger partial charge is 0.461 e. The maximum atomic E-state index is 6.12. The number of furan rings is 2. The van der Waals surface area contributed by atoms with E-state index < -0.39 is 0 Å². The van der Waals surface area contributed by atoms with Crippen LogP contribution in [0.5, 0.6) is 0 Å². The molecule has 0 saturated carbocycles. The summed E-state index contributed by atoms with van der Waals surface area (Å²) in [6.07, 6.45) is 1.58. The van der Waals surface area contributed by atoms with Crippen LogP contribution in [0.4, 0.5) is 0 Å². The van der Waals surface area contributed by atoms with E-state index in [1.54, 1.807) is 6.33 Å². The second-order valence-corrected chi connectivity index (χ2v) is 9.24. The first kappa shape index (κ1) is 18.1. The molecule has 0 aliphatic rings. The SMILES string of the molecule is Cc1cc2cc3oc4ncnc(-c5cc(C(C)(C)C)c6ccccc6c5)c4c3cc2o1. The van der Waals surface area contributed by atoms with Crippen molar-refractivity contribution in [3.63, 3.8) is 0 Å². The minimum absolute atomic E-state index is 0.00190. The Labute approximate surface area is 179 Å². The van der Waals surface area contributed by atoms with E-state index in [4.69, 9.17) is 13.8 Å². The number of hydrogen-bond donors (Lipinski definition) is 0. The van der Waals surface area contributed by atoms with Crippen LogP contribution in [0.25, 0.3) is 55.1 Å². The number of rotatable bonds is 1. The van der Waals surface area contributed by atoms with Gasteiger partial charge in [-0.05, 0) is 59.0 Å². The Kier molecular flexibility index (Phi) is 3.61. The molecule has 6 rings (SSSR count). The van der Waals surface area contributed by atoms with Crippen molar-refractivity contribution in [1.29, 1.82) is 0 Å². The molecule has 0 fully saturated rings. The van der Waals surface area contributed by atoms with Gasteiger partial charge in [-0.3, -0.25) is 0 Å². The van der Waals surface area contributed by atoms with Crippen LogP contribution in [-0.4, -0.2) is 9.97 Å². The van der Waals surface area contributed by atoms with Crippen molar-refractivity contribution in [2.75, 3.05) is 0 Å². The fourth-order valence-electron chi connectivity index (χ4n) is 4.56. The van der Waals surface area contributed by atoms with Gasteiger partial charge in [0.1, 0.15) is 23.3 Å². The Bertz CT molecular complexity index is 1630. The number of hydrogen-bond acceptors (Lipinski definition) is 4. The first-order chi connectivity index (χ1) is 14.9. The van der Waals surface area contributed by atoms with Gasteiger partial charge in [0.2, 0.25) is 5.71 Å². The lowest BCUT2D eigenvalue weighted by Crippen LogP contribution is -2.12. The number of aromatic nitrogens is 2. The van der Waals surface area contributed by atoms with Crippen LogP contribution in [0.1, 0.15) is 32.1 Å². The summed E-state index contributed by atoms with van der Waals surface area (Å²) in [6, 6.07) is 19.1. The lowest BCUT2D eigenvalue weighted by atomic mass is 9.82. The van der Waals surface area contributed by atoms with E-state index in [0.29, 0.717) is 5.71 Å². The normalized spacial score (nSPS) is 12.5. The van der Waals surface area contributed by atoms with Gasteiger partial charge in [0.15, 0.2) is 0 Å². The summed E-state index contributed by atoms with van der Waals surface area (Å²) in [5.74, 6) is 0.882. The molecule has 0 spiro atoms. The van der Waals surface area contributed by atoms with Gasteiger partial charge in [-0.1, -0.05) is 45.0 Å². The van der Waals surface area contributed by atoms with E-state index in [-0.39, 0.29) is 5.41 Å². The van der Waals surface area contributed by atoms with Crippen LogP contribution in [0.15, 0.2) is 69.8 Å². The van der Waals surface area contributed by atoms with Crippen LogP contribution in [-0.2, 0) is 5.41 Å². The van der Waals surface area contributed by atoms with E-state index in [0.717, 1.165) is 44.3 Å². The summed E-state index contributed by atoms with van der Waals surface area (Å²) in [4.78, 5) is 9.14. The van der Waals surface area contributed by atoms with Crippen molar-refractivity contribution in [3.8, 4) is 11.3 Å². The molecule has 3 heterocycles. The third-order valence-electron chi connectivity index (χ3n) is 5.97. The molecule has 0 radical (unpaired) electrons. The van der Waals surface area contributed by atoms with Gasteiger partial charge in [0, 0.05) is 16.3 Å². The summed E-state index contributed by atoms with van der Waals surface area (Å²) < 4.78 is 12.0. The van der Waals surface area contributed by atoms with Crippen molar-refractivity contribution in [2.24, 2.45) is 0 Å². The van der Waals surface area contributed by atoms with Crippen molar-refractivity contribution in [1.82, 2.24) is 9.97 Å². The molecule has 0 aliphatic carbocycles. The van der Waals surface area contributed by atoms with Crippen LogP contribution in [0.2, 0.25) is 0 Å². The van der Waals surface area contributed by atoms with Gasteiger partial charge in [-0.2, -0.15) is 0 Å². The molecule has 0 amide bonds. The fraction of sp³-hybridized carbons (Fsp3) is 0.185. The minimum Gasteiger partial charge on any atom is -0.461 e. The Morgan fingerprint density at radius 1 is 0.774 bits per heavy atom. The second kappa shape index (κ2) is 6.17. The quantitative estimate of drug-likeness (QED) is 0.283. The summed E-state index contributed by atoms with van der Waals surface area (Å²) in [6.45, 7) is 8.70. The zero-order chi connectivity index (χ0) is 21.3. The Balaban J connectivity index is 1.71. The number of nitrogens with zero attached hydrogens (tertiary/aromatic N) is 2.